The lowest BCUT2D eigenvalue weighted by Crippen LogP contribution is -2.50. The van der Waals surface area contributed by atoms with E-state index in [-0.39, 0.29) is 30.4 Å². The maximum absolute atomic E-state index is 13.3. The number of benzene rings is 2. The van der Waals surface area contributed by atoms with Gasteiger partial charge in [-0.05, 0) is 53.1 Å². The topological polar surface area (TPSA) is 67.9 Å². The van der Waals surface area contributed by atoms with Crippen molar-refractivity contribution in [3.05, 3.63) is 59.7 Å². The molecule has 2 rings (SSSR count). The van der Waals surface area contributed by atoms with E-state index in [1.165, 1.54) is 5.56 Å². The van der Waals surface area contributed by atoms with Crippen molar-refractivity contribution in [1.82, 2.24) is 10.2 Å². The van der Waals surface area contributed by atoms with Crippen molar-refractivity contribution in [2.75, 3.05) is 20.3 Å². The molecule has 186 valence electrons. The number of nitrogens with zero attached hydrogens (tertiary/aromatic N) is 1. The van der Waals surface area contributed by atoms with Gasteiger partial charge in [0.05, 0.1) is 7.11 Å². The zero-order valence-corrected chi connectivity index (χ0v) is 21.7. The third-order valence-electron chi connectivity index (χ3n) is 5.64. The Morgan fingerprint density at radius 2 is 1.71 bits per heavy atom. The summed E-state index contributed by atoms with van der Waals surface area (Å²) < 4.78 is 11.2. The predicted octanol–water partition coefficient (Wildman–Crippen LogP) is 4.95. The first kappa shape index (κ1) is 27.2. The van der Waals surface area contributed by atoms with Gasteiger partial charge in [-0.25, -0.2) is 0 Å². The van der Waals surface area contributed by atoms with Crippen molar-refractivity contribution in [3.63, 3.8) is 0 Å². The Labute approximate surface area is 204 Å². The molecule has 6 heteroatoms. The van der Waals surface area contributed by atoms with Crippen LogP contribution in [0.2, 0.25) is 0 Å². The number of carbonyl (C=O) groups excluding carboxylic acids is 2. The molecule has 2 aromatic carbocycles. The van der Waals surface area contributed by atoms with Crippen molar-refractivity contribution in [1.29, 1.82) is 0 Å². The van der Waals surface area contributed by atoms with Gasteiger partial charge in [0.1, 0.15) is 17.5 Å². The summed E-state index contributed by atoms with van der Waals surface area (Å²) in [6.07, 6.45) is 0.500. The number of hydrogen-bond acceptors (Lipinski definition) is 4. The summed E-state index contributed by atoms with van der Waals surface area (Å²) in [6, 6.07) is 14.7. The zero-order valence-electron chi connectivity index (χ0n) is 21.7. The van der Waals surface area contributed by atoms with E-state index >= 15 is 0 Å². The molecule has 0 aromatic heterocycles. The van der Waals surface area contributed by atoms with Gasteiger partial charge in [0.15, 0.2) is 6.61 Å². The highest BCUT2D eigenvalue weighted by Crippen LogP contribution is 2.24. The number of carbonyl (C=O) groups is 2. The first-order chi connectivity index (χ1) is 16.0. The lowest BCUT2D eigenvalue weighted by molar-refractivity contribution is -0.143. The summed E-state index contributed by atoms with van der Waals surface area (Å²) in [5, 5.41) is 2.97. The molecule has 1 N–H and O–H groups in total. The van der Waals surface area contributed by atoms with Crippen molar-refractivity contribution in [3.8, 4) is 11.5 Å². The molecule has 2 aromatic rings. The summed E-state index contributed by atoms with van der Waals surface area (Å²) in [5.74, 6) is 1.26. The van der Waals surface area contributed by atoms with Crippen LogP contribution in [0.15, 0.2) is 48.5 Å². The van der Waals surface area contributed by atoms with E-state index in [9.17, 15) is 9.59 Å². The van der Waals surface area contributed by atoms with E-state index in [1.807, 2.05) is 69.3 Å². The monoisotopic (exact) mass is 468 g/mol. The highest BCUT2D eigenvalue weighted by Gasteiger charge is 2.29. The normalized spacial score (nSPS) is 12.2. The van der Waals surface area contributed by atoms with E-state index < -0.39 is 6.04 Å². The van der Waals surface area contributed by atoms with Crippen LogP contribution in [0.1, 0.15) is 59.1 Å². The average Bonchev–Trinajstić information content (AvgIpc) is 2.80. The summed E-state index contributed by atoms with van der Waals surface area (Å²) in [7, 11) is 1.61. The van der Waals surface area contributed by atoms with Gasteiger partial charge in [-0.1, -0.05) is 65.8 Å². The number of nitrogens with one attached hydrogen (secondary N) is 1. The van der Waals surface area contributed by atoms with Crippen LogP contribution in [0, 0.1) is 5.92 Å². The van der Waals surface area contributed by atoms with Crippen LogP contribution >= 0.6 is 0 Å². The SMILES string of the molecule is CC[C@H](C(=O)NCC(C)C)N(Cc1cccc(OC)c1)C(=O)COc1ccc(C(C)(C)C)cc1. The largest absolute Gasteiger partial charge is 0.497 e. The van der Waals surface area contributed by atoms with Gasteiger partial charge in [-0.15, -0.1) is 0 Å². The standard InChI is InChI=1S/C28H40N2O4/c1-8-25(27(32)29-17-20(2)3)30(18-21-10-9-11-24(16-21)33-7)26(31)19-34-23-14-12-22(13-15-23)28(4,5)6/h9-16,20,25H,8,17-19H2,1-7H3,(H,29,32)/t25-/m1/s1. The van der Waals surface area contributed by atoms with Crippen molar-refractivity contribution in [2.24, 2.45) is 5.92 Å². The second kappa shape index (κ2) is 12.4. The van der Waals surface area contributed by atoms with Crippen molar-refractivity contribution >= 4 is 11.8 Å². The first-order valence-electron chi connectivity index (χ1n) is 12.0. The molecule has 0 aliphatic rings. The van der Waals surface area contributed by atoms with Crippen molar-refractivity contribution in [2.45, 2.75) is 66.0 Å². The first-order valence-corrected chi connectivity index (χ1v) is 12.0. The molecule has 0 spiro atoms. The molecular formula is C28H40N2O4. The smallest absolute Gasteiger partial charge is 0.261 e. The summed E-state index contributed by atoms with van der Waals surface area (Å²) in [6.45, 7) is 13.2. The highest BCUT2D eigenvalue weighted by atomic mass is 16.5. The molecule has 0 radical (unpaired) electrons. The predicted molar refractivity (Wildman–Crippen MR) is 136 cm³/mol. The van der Waals surface area contributed by atoms with Crippen LogP contribution in [0.25, 0.3) is 0 Å². The molecule has 1 atom stereocenters. The van der Waals surface area contributed by atoms with Gasteiger partial charge < -0.3 is 19.7 Å². The summed E-state index contributed by atoms with van der Waals surface area (Å²) >= 11 is 0. The number of amides is 2. The minimum atomic E-state index is -0.593. The van der Waals surface area contributed by atoms with E-state index in [0.29, 0.717) is 30.4 Å². The molecule has 0 fully saturated rings. The maximum atomic E-state index is 13.3. The molecule has 6 nitrogen and oxygen atoms in total. The lowest BCUT2D eigenvalue weighted by Gasteiger charge is -2.31. The van der Waals surface area contributed by atoms with Crippen LogP contribution in [0.3, 0.4) is 0 Å². The van der Waals surface area contributed by atoms with Gasteiger partial charge in [-0.3, -0.25) is 9.59 Å². The summed E-state index contributed by atoms with van der Waals surface area (Å²) in [4.78, 5) is 27.9. The van der Waals surface area contributed by atoms with Crippen LogP contribution in [0.5, 0.6) is 11.5 Å². The van der Waals surface area contributed by atoms with Gasteiger partial charge in [0.25, 0.3) is 5.91 Å². The molecule has 34 heavy (non-hydrogen) atoms. The number of hydrogen-bond donors (Lipinski definition) is 1. The number of rotatable bonds is 11. The lowest BCUT2D eigenvalue weighted by atomic mass is 9.87. The van der Waals surface area contributed by atoms with Crippen molar-refractivity contribution < 1.29 is 19.1 Å². The van der Waals surface area contributed by atoms with E-state index in [2.05, 4.69) is 26.1 Å². The Bertz CT molecular complexity index is 932. The Hall–Kier alpha value is -3.02. The van der Waals surface area contributed by atoms with Gasteiger partial charge >= 0.3 is 0 Å². The average molecular weight is 469 g/mol. The van der Waals surface area contributed by atoms with Crippen LogP contribution in [0.4, 0.5) is 0 Å². The molecule has 0 aliphatic carbocycles. The minimum Gasteiger partial charge on any atom is -0.497 e. The third-order valence-corrected chi connectivity index (χ3v) is 5.64. The maximum Gasteiger partial charge on any atom is 0.261 e. The second-order valence-corrected chi connectivity index (χ2v) is 10.00. The molecule has 0 aliphatic heterocycles. The van der Waals surface area contributed by atoms with Gasteiger partial charge in [-0.2, -0.15) is 0 Å². The molecule has 0 unspecified atom stereocenters. The zero-order chi connectivity index (χ0) is 25.3. The fourth-order valence-electron chi connectivity index (χ4n) is 3.59. The van der Waals surface area contributed by atoms with E-state index in [0.717, 1.165) is 5.56 Å². The Morgan fingerprint density at radius 3 is 2.26 bits per heavy atom. The van der Waals surface area contributed by atoms with Crippen LogP contribution in [-0.2, 0) is 21.5 Å². The molecular weight excluding hydrogens is 428 g/mol. The molecule has 2 amide bonds. The number of methoxy groups -OCH3 is 1. The van der Waals surface area contributed by atoms with E-state index in [4.69, 9.17) is 9.47 Å². The van der Waals surface area contributed by atoms with E-state index in [1.54, 1.807) is 12.0 Å². The molecule has 0 heterocycles. The Morgan fingerprint density at radius 1 is 1.03 bits per heavy atom. The summed E-state index contributed by atoms with van der Waals surface area (Å²) in [5.41, 5.74) is 2.12. The quantitative estimate of drug-likeness (QED) is 0.507. The Kier molecular flexibility index (Phi) is 9.97. The van der Waals surface area contributed by atoms with Crippen LogP contribution in [-0.4, -0.2) is 43.0 Å². The number of ether oxygens (including phenoxy) is 2. The van der Waals surface area contributed by atoms with Gasteiger partial charge in [0, 0.05) is 13.1 Å². The highest BCUT2D eigenvalue weighted by molar-refractivity contribution is 5.88. The minimum absolute atomic E-state index is 0.0413. The fourth-order valence-corrected chi connectivity index (χ4v) is 3.59. The van der Waals surface area contributed by atoms with Crippen LogP contribution < -0.4 is 14.8 Å². The molecule has 0 bridgehead atoms. The second-order valence-electron chi connectivity index (χ2n) is 10.00. The Balaban J connectivity index is 2.20. The fraction of sp³-hybridized carbons (Fsp3) is 0.500. The van der Waals surface area contributed by atoms with Gasteiger partial charge in [0.2, 0.25) is 5.91 Å². The molecule has 0 saturated carbocycles. The molecule has 0 saturated heterocycles. The third kappa shape index (κ3) is 8.08.